The van der Waals surface area contributed by atoms with Crippen LogP contribution in [0.25, 0.3) is 0 Å². The first kappa shape index (κ1) is 3.85. The van der Waals surface area contributed by atoms with Gasteiger partial charge in [-0.1, -0.05) is 11.9 Å². The molecule has 0 saturated carbocycles. The van der Waals surface area contributed by atoms with E-state index >= 15 is 0 Å². The van der Waals surface area contributed by atoms with Gasteiger partial charge in [0.15, 0.2) is 6.04 Å². The third kappa shape index (κ3) is 0.141. The van der Waals surface area contributed by atoms with Crippen LogP contribution in [0.3, 0.4) is 0 Å². The van der Waals surface area contributed by atoms with Crippen molar-refractivity contribution in [1.29, 1.82) is 0 Å². The maximum atomic E-state index is 2.47. The van der Waals surface area contributed by atoms with Gasteiger partial charge < -0.3 is 0 Å². The number of quaternary nitrogens is 1. The van der Waals surface area contributed by atoms with E-state index in [0.29, 0.717) is 0 Å². The van der Waals surface area contributed by atoms with Crippen LogP contribution in [0.1, 0.15) is 13.3 Å². The van der Waals surface area contributed by atoms with Crippen LogP contribution in [0.2, 0.25) is 0 Å². The molecule has 8 heavy (non-hydrogen) atoms. The molecule has 2 heteroatoms. The Hall–Kier alpha value is -0.0800. The zero-order chi connectivity index (χ0) is 5.52. The highest BCUT2D eigenvalue weighted by atomic mass is 16.2. The highest BCUT2D eigenvalue weighted by Gasteiger charge is 3.10. The second-order valence-corrected chi connectivity index (χ2v) is 3.25. The predicted molar refractivity (Wildman–Crippen MR) is 29.7 cm³/mol. The molecule has 3 rings (SSSR count). The topological polar surface area (TPSA) is 3.01 Å². The Bertz CT molecular complexity index is 162. The minimum Gasteiger partial charge on any atom is -0.192 e. The monoisotopic (exact) mass is 111 g/mol. The lowest BCUT2D eigenvalue weighted by Gasteiger charge is -1.84. The number of nitrogens with zero attached hydrogens (tertiary/aromatic N) is 2. The van der Waals surface area contributed by atoms with Crippen molar-refractivity contribution in [3.63, 3.8) is 0 Å². The van der Waals surface area contributed by atoms with Crippen LogP contribution in [-0.2, 0) is 0 Å². The Balaban J connectivity index is 1.86. The predicted octanol–water partition coefficient (Wildman–Crippen LogP) is 0.164. The van der Waals surface area contributed by atoms with Gasteiger partial charge in [0.05, 0.1) is 0 Å². The van der Waals surface area contributed by atoms with Crippen molar-refractivity contribution in [2.45, 2.75) is 31.6 Å². The third-order valence-electron chi connectivity index (χ3n) is 3.25. The minimum absolute atomic E-state index is 1.01. The van der Waals surface area contributed by atoms with E-state index in [1.165, 1.54) is 11.0 Å². The van der Waals surface area contributed by atoms with Crippen LogP contribution in [0.4, 0.5) is 0 Å². The highest BCUT2D eigenvalue weighted by molar-refractivity contribution is 5.16. The lowest BCUT2D eigenvalue weighted by atomic mass is 10.2. The van der Waals surface area contributed by atoms with Crippen LogP contribution in [-0.4, -0.2) is 34.9 Å². The molecule has 0 amide bonds. The van der Waals surface area contributed by atoms with Crippen molar-refractivity contribution >= 4 is 0 Å². The molecule has 2 nitrogen and oxygen atoms in total. The molecule has 5 unspecified atom stereocenters. The van der Waals surface area contributed by atoms with Gasteiger partial charge in [0.2, 0.25) is 6.04 Å². The standard InChI is InChI=1S/C6H11N2/c1-3-4-5-6-7(2)8(4,5)6/h4-6H,3H2,1-2H3/q+1. The van der Waals surface area contributed by atoms with Gasteiger partial charge >= 0.3 is 0 Å². The van der Waals surface area contributed by atoms with Crippen molar-refractivity contribution in [1.82, 2.24) is 5.01 Å². The zero-order valence-electron chi connectivity index (χ0n) is 5.33. The molecule has 0 aromatic rings. The molecule has 3 heterocycles. The van der Waals surface area contributed by atoms with Crippen molar-refractivity contribution in [2.24, 2.45) is 0 Å². The summed E-state index contributed by atoms with van der Waals surface area (Å²) in [7, 11) is 2.23. The van der Waals surface area contributed by atoms with Crippen molar-refractivity contribution < 1.29 is 4.59 Å². The van der Waals surface area contributed by atoms with Crippen molar-refractivity contribution in [2.75, 3.05) is 7.05 Å². The van der Waals surface area contributed by atoms with Gasteiger partial charge in [-0.05, 0) is 0 Å². The summed E-state index contributed by atoms with van der Waals surface area (Å²) in [5, 5.41) is 2.47. The quantitative estimate of drug-likeness (QED) is 0.344. The fourth-order valence-corrected chi connectivity index (χ4v) is 2.64. The molecule has 3 saturated heterocycles. The molecule has 0 bridgehead atoms. The second kappa shape index (κ2) is 0.677. The summed E-state index contributed by atoms with van der Waals surface area (Å²) in [6, 6.07) is 2.18. The van der Waals surface area contributed by atoms with Crippen molar-refractivity contribution in [3.05, 3.63) is 0 Å². The summed E-state index contributed by atoms with van der Waals surface area (Å²) in [4.78, 5) is 0. The zero-order valence-corrected chi connectivity index (χ0v) is 5.33. The largest absolute Gasteiger partial charge is 0.266 e. The van der Waals surface area contributed by atoms with E-state index in [2.05, 4.69) is 19.0 Å². The van der Waals surface area contributed by atoms with Gasteiger partial charge in [-0.25, -0.2) is 0 Å². The number of likely N-dealkylation sites (N-methyl/N-ethyl adjacent to an activating group) is 1. The SMILES string of the molecule is CCC1C2C3N(C)[N+]123. The van der Waals surface area contributed by atoms with Crippen LogP contribution in [0, 0.1) is 0 Å². The summed E-state index contributed by atoms with van der Waals surface area (Å²) in [5.74, 6) is 0. The van der Waals surface area contributed by atoms with E-state index in [-0.39, 0.29) is 0 Å². The summed E-state index contributed by atoms with van der Waals surface area (Å²) >= 11 is 0. The van der Waals surface area contributed by atoms with E-state index in [4.69, 9.17) is 0 Å². The molecular weight excluding hydrogens is 100 g/mol. The van der Waals surface area contributed by atoms with Crippen molar-refractivity contribution in [3.8, 4) is 0 Å². The van der Waals surface area contributed by atoms with Crippen LogP contribution in [0.15, 0.2) is 0 Å². The number of rotatable bonds is 1. The summed E-state index contributed by atoms with van der Waals surface area (Å²) in [5.41, 5.74) is 0. The summed E-state index contributed by atoms with van der Waals surface area (Å²) in [6.45, 7) is 2.30. The average molecular weight is 111 g/mol. The first-order chi connectivity index (χ1) is 3.85. The Kier molecular flexibility index (Phi) is 0.326. The van der Waals surface area contributed by atoms with E-state index in [9.17, 15) is 0 Å². The summed E-state index contributed by atoms with van der Waals surface area (Å²) < 4.78 is 1.41. The maximum absolute atomic E-state index is 2.47. The Labute approximate surface area is 49.2 Å². The van der Waals surface area contributed by atoms with E-state index < -0.39 is 0 Å². The summed E-state index contributed by atoms with van der Waals surface area (Å²) in [6.07, 6.45) is 2.41. The maximum Gasteiger partial charge on any atom is 0.266 e. The molecule has 3 fully saturated rings. The molecule has 5 atom stereocenters. The first-order valence-electron chi connectivity index (χ1n) is 3.46. The lowest BCUT2D eigenvalue weighted by Crippen LogP contribution is -2.05. The van der Waals surface area contributed by atoms with Gasteiger partial charge in [-0.2, -0.15) is 4.59 Å². The number of fused-ring (bicyclic) bond motifs is 1. The second-order valence-electron chi connectivity index (χ2n) is 3.25. The lowest BCUT2D eigenvalue weighted by molar-refractivity contribution is -0.698. The third-order valence-corrected chi connectivity index (χ3v) is 3.25. The smallest absolute Gasteiger partial charge is 0.192 e. The van der Waals surface area contributed by atoms with Crippen LogP contribution >= 0.6 is 0 Å². The Morgan fingerprint density at radius 2 is 2.38 bits per heavy atom. The minimum atomic E-state index is 1.01. The fraction of sp³-hybridized carbons (Fsp3) is 1.00. The highest BCUT2D eigenvalue weighted by Crippen LogP contribution is 2.78. The normalized spacial score (nSPS) is 80.2. The molecule has 3 aliphatic rings. The molecule has 0 aromatic carbocycles. The molecule has 0 radical (unpaired) electrons. The molecule has 3 aliphatic heterocycles. The van der Waals surface area contributed by atoms with Gasteiger partial charge in [0.25, 0.3) is 6.17 Å². The van der Waals surface area contributed by atoms with Gasteiger partial charge in [0, 0.05) is 13.5 Å². The van der Waals surface area contributed by atoms with Crippen LogP contribution in [0.5, 0.6) is 0 Å². The number of hydrogen-bond acceptors (Lipinski definition) is 1. The number of hydrogen-bond donors (Lipinski definition) is 0. The molecule has 0 N–H and O–H groups in total. The molecule has 0 aliphatic carbocycles. The van der Waals surface area contributed by atoms with Crippen LogP contribution < -0.4 is 0 Å². The Morgan fingerprint density at radius 1 is 1.62 bits per heavy atom. The van der Waals surface area contributed by atoms with Gasteiger partial charge in [-0.15, -0.1) is 0 Å². The molecule has 1 spiro atoms. The van der Waals surface area contributed by atoms with E-state index in [1.807, 2.05) is 0 Å². The fourth-order valence-electron chi connectivity index (χ4n) is 2.64. The van der Waals surface area contributed by atoms with E-state index in [1.54, 1.807) is 0 Å². The average Bonchev–Trinajstić information content (AvgIpc) is 2.52. The molecule has 44 valence electrons. The first-order valence-corrected chi connectivity index (χ1v) is 3.46. The molecule has 0 aromatic heterocycles. The van der Waals surface area contributed by atoms with Gasteiger partial charge in [0.1, 0.15) is 0 Å². The van der Waals surface area contributed by atoms with Gasteiger partial charge in [-0.3, -0.25) is 0 Å². The van der Waals surface area contributed by atoms with E-state index in [0.717, 1.165) is 18.2 Å². The Morgan fingerprint density at radius 3 is 2.50 bits per heavy atom. The molecular formula is C6H11N2+.